The molecule has 15 heteroatoms. The van der Waals surface area contributed by atoms with Crippen LogP contribution in [0.4, 0.5) is 19.0 Å². The molecule has 0 amide bonds. The van der Waals surface area contributed by atoms with Crippen molar-refractivity contribution in [3.05, 3.63) is 28.4 Å². The minimum absolute atomic E-state index is 0.0735. The Bertz CT molecular complexity index is 1360. The molecule has 1 aliphatic heterocycles. The van der Waals surface area contributed by atoms with Crippen LogP contribution in [0.3, 0.4) is 0 Å². The van der Waals surface area contributed by atoms with Crippen molar-refractivity contribution < 1.29 is 27.2 Å². The second-order valence-electron chi connectivity index (χ2n) is 8.18. The van der Waals surface area contributed by atoms with Crippen molar-refractivity contribution in [3.63, 3.8) is 0 Å². The maximum Gasteiger partial charge on any atom is 0.451 e. The smallest absolute Gasteiger partial charge is 0.355 e. The number of hydrogen-bond donors (Lipinski definition) is 0. The number of anilines is 1. The number of halogens is 3. The summed E-state index contributed by atoms with van der Waals surface area (Å²) in [5.74, 6) is 0.529. The first-order valence-corrected chi connectivity index (χ1v) is 12.1. The van der Waals surface area contributed by atoms with Gasteiger partial charge in [-0.3, -0.25) is 0 Å². The van der Waals surface area contributed by atoms with Gasteiger partial charge in [-0.05, 0) is 12.5 Å². The molecule has 0 spiro atoms. The first kappa shape index (κ1) is 24.5. The number of aromatic nitrogens is 7. The lowest BCUT2D eigenvalue weighted by atomic mass is 10.2. The minimum Gasteiger partial charge on any atom is -0.355 e. The molecular formula is C21H23F3N8O3S. The highest BCUT2D eigenvalue weighted by Crippen LogP contribution is 2.36. The second kappa shape index (κ2) is 9.71. The molecule has 0 aromatic carbocycles. The van der Waals surface area contributed by atoms with E-state index in [1.165, 1.54) is 25.6 Å². The van der Waals surface area contributed by atoms with Crippen molar-refractivity contribution in [1.29, 1.82) is 0 Å². The molecule has 36 heavy (non-hydrogen) atoms. The van der Waals surface area contributed by atoms with Gasteiger partial charge in [0, 0.05) is 32.2 Å². The lowest BCUT2D eigenvalue weighted by molar-refractivity contribution is -0.147. The summed E-state index contributed by atoms with van der Waals surface area (Å²) in [6, 6.07) is 2.03. The van der Waals surface area contributed by atoms with Gasteiger partial charge >= 0.3 is 6.18 Å². The van der Waals surface area contributed by atoms with Gasteiger partial charge in [0.15, 0.2) is 17.9 Å². The van der Waals surface area contributed by atoms with E-state index in [1.54, 1.807) is 0 Å². The third-order valence-electron chi connectivity index (χ3n) is 5.76. The molecule has 0 N–H and O–H groups in total. The predicted molar refractivity (Wildman–Crippen MR) is 122 cm³/mol. The molecule has 11 nitrogen and oxygen atoms in total. The summed E-state index contributed by atoms with van der Waals surface area (Å²) in [5, 5.41) is 11.9. The molecule has 0 fully saturated rings. The zero-order valence-corrected chi connectivity index (χ0v) is 20.6. The number of ether oxygens (including phenoxy) is 2. The fourth-order valence-electron chi connectivity index (χ4n) is 4.05. The Morgan fingerprint density at radius 3 is 2.67 bits per heavy atom. The highest BCUT2D eigenvalue weighted by molar-refractivity contribution is 7.18. The van der Waals surface area contributed by atoms with Crippen LogP contribution in [0.2, 0.25) is 0 Å². The van der Waals surface area contributed by atoms with Gasteiger partial charge in [0.25, 0.3) is 5.89 Å². The molecule has 0 saturated heterocycles. The Hall–Kier alpha value is -3.17. The molecule has 0 saturated carbocycles. The number of thiophene rings is 1. The maximum atomic E-state index is 13.3. The van der Waals surface area contributed by atoms with E-state index in [2.05, 4.69) is 32.2 Å². The van der Waals surface area contributed by atoms with Gasteiger partial charge in [0.2, 0.25) is 11.6 Å². The van der Waals surface area contributed by atoms with Gasteiger partial charge in [0.05, 0.1) is 18.4 Å². The van der Waals surface area contributed by atoms with Crippen LogP contribution in [-0.4, -0.2) is 61.9 Å². The lowest BCUT2D eigenvalue weighted by Gasteiger charge is -2.29. The molecule has 0 atom stereocenters. The Labute approximate surface area is 207 Å². The van der Waals surface area contributed by atoms with E-state index in [-0.39, 0.29) is 43.6 Å². The van der Waals surface area contributed by atoms with E-state index < -0.39 is 18.3 Å². The minimum atomic E-state index is -4.56. The topological polar surface area (TPSA) is 117 Å². The number of aryl methyl sites for hydroxylation is 1. The highest BCUT2D eigenvalue weighted by Gasteiger charge is 2.39. The summed E-state index contributed by atoms with van der Waals surface area (Å²) in [7, 11) is 3.03. The summed E-state index contributed by atoms with van der Waals surface area (Å²) in [6.45, 7) is 2.57. The van der Waals surface area contributed by atoms with Gasteiger partial charge in [-0.15, -0.1) is 21.5 Å². The molecule has 4 aromatic heterocycles. The van der Waals surface area contributed by atoms with Gasteiger partial charge < -0.3 is 23.5 Å². The van der Waals surface area contributed by atoms with Crippen LogP contribution in [0, 0.1) is 0 Å². The van der Waals surface area contributed by atoms with E-state index in [0.29, 0.717) is 11.6 Å². The molecule has 0 aliphatic carbocycles. The maximum absolute atomic E-state index is 13.3. The standard InChI is InChI=1S/C21H23F3N8O3S/c1-4-5-11-8-12-17(31-6-7-32-14(10-31)28-29-20(32)21(22,23)24)26-16(27-19(12)36-11)18-25-13(30-35-18)9-15(33-2)34-3/h8,15H,4-7,9-10H2,1-3H3. The number of nitrogens with zero attached hydrogens (tertiary/aromatic N) is 8. The first-order chi connectivity index (χ1) is 17.3. The SMILES string of the molecule is CCCc1cc2c(N3CCn4c(nnc4C(F)(F)F)C3)nc(-c3nc(CC(OC)OC)no3)nc2s1. The number of methoxy groups -OCH3 is 2. The molecule has 192 valence electrons. The Balaban J connectivity index is 1.52. The molecule has 5 rings (SSSR count). The van der Waals surface area contributed by atoms with E-state index in [4.69, 9.17) is 19.0 Å². The molecule has 4 aromatic rings. The van der Waals surface area contributed by atoms with Crippen LogP contribution in [0.5, 0.6) is 0 Å². The van der Waals surface area contributed by atoms with Crippen molar-refractivity contribution in [1.82, 2.24) is 34.9 Å². The van der Waals surface area contributed by atoms with E-state index in [9.17, 15) is 13.2 Å². The van der Waals surface area contributed by atoms with Crippen LogP contribution in [0.15, 0.2) is 10.6 Å². The molecule has 5 heterocycles. The lowest BCUT2D eigenvalue weighted by Crippen LogP contribution is -2.36. The van der Waals surface area contributed by atoms with Crippen molar-refractivity contribution >= 4 is 27.4 Å². The number of alkyl halides is 3. The molecular weight excluding hydrogens is 501 g/mol. The summed E-state index contributed by atoms with van der Waals surface area (Å²) in [5.41, 5.74) is 0. The van der Waals surface area contributed by atoms with Crippen molar-refractivity contribution in [2.24, 2.45) is 0 Å². The molecule has 0 unspecified atom stereocenters. The van der Waals surface area contributed by atoms with Gasteiger partial charge in [0.1, 0.15) is 10.6 Å². The monoisotopic (exact) mass is 524 g/mol. The van der Waals surface area contributed by atoms with Gasteiger partial charge in [-0.2, -0.15) is 18.2 Å². The molecule has 0 bridgehead atoms. The van der Waals surface area contributed by atoms with Gasteiger partial charge in [-0.1, -0.05) is 18.5 Å². The van der Waals surface area contributed by atoms with Crippen LogP contribution in [0.25, 0.3) is 21.9 Å². The van der Waals surface area contributed by atoms with Crippen molar-refractivity contribution in [2.45, 2.75) is 51.7 Å². The van der Waals surface area contributed by atoms with Crippen LogP contribution in [-0.2, 0) is 41.6 Å². The van der Waals surface area contributed by atoms with Crippen LogP contribution >= 0.6 is 11.3 Å². The van der Waals surface area contributed by atoms with Crippen molar-refractivity contribution in [3.8, 4) is 11.7 Å². The Morgan fingerprint density at radius 1 is 1.14 bits per heavy atom. The number of fused-ring (bicyclic) bond motifs is 2. The molecule has 1 aliphatic rings. The Kier molecular flexibility index (Phi) is 6.61. The van der Waals surface area contributed by atoms with E-state index >= 15 is 0 Å². The number of rotatable bonds is 8. The zero-order chi connectivity index (χ0) is 25.4. The second-order valence-corrected chi connectivity index (χ2v) is 9.30. The van der Waals surface area contributed by atoms with Crippen LogP contribution in [0.1, 0.15) is 35.7 Å². The average molecular weight is 525 g/mol. The molecule has 0 radical (unpaired) electrons. The van der Waals surface area contributed by atoms with Gasteiger partial charge in [-0.25, -0.2) is 9.97 Å². The highest BCUT2D eigenvalue weighted by atomic mass is 32.1. The average Bonchev–Trinajstić information content (AvgIpc) is 3.58. The van der Waals surface area contributed by atoms with E-state index in [0.717, 1.165) is 32.5 Å². The normalized spacial score (nSPS) is 14.2. The fourth-order valence-corrected chi connectivity index (χ4v) is 5.17. The summed E-state index contributed by atoms with van der Waals surface area (Å²) in [6.07, 6.45) is -2.99. The summed E-state index contributed by atoms with van der Waals surface area (Å²) < 4.78 is 56.8. The predicted octanol–water partition coefficient (Wildman–Crippen LogP) is 3.49. The first-order valence-electron chi connectivity index (χ1n) is 11.2. The zero-order valence-electron chi connectivity index (χ0n) is 19.7. The summed E-state index contributed by atoms with van der Waals surface area (Å²) in [4.78, 5) is 17.5. The van der Waals surface area contributed by atoms with E-state index in [1.807, 2.05) is 11.0 Å². The van der Waals surface area contributed by atoms with Crippen molar-refractivity contribution in [2.75, 3.05) is 25.7 Å². The van der Waals surface area contributed by atoms with Crippen LogP contribution < -0.4 is 4.90 Å². The summed E-state index contributed by atoms with van der Waals surface area (Å²) >= 11 is 1.54. The third kappa shape index (κ3) is 4.65. The number of hydrogen-bond acceptors (Lipinski definition) is 11. The quantitative estimate of drug-likeness (QED) is 0.317. The third-order valence-corrected chi connectivity index (χ3v) is 6.85. The fraction of sp³-hybridized carbons (Fsp3) is 0.524. The Morgan fingerprint density at radius 2 is 1.94 bits per heavy atom. The largest absolute Gasteiger partial charge is 0.451 e.